The van der Waals surface area contributed by atoms with Gasteiger partial charge in [-0.3, -0.25) is 19.4 Å². The number of nitrogens with zero attached hydrogens (tertiary/aromatic N) is 3. The number of pyridine rings is 1. The molecule has 0 saturated carbocycles. The van der Waals surface area contributed by atoms with E-state index in [2.05, 4.69) is 20.4 Å². The standard InChI is InChI=1S/C33H36FN5O5/c34-26-20-24-30-32(29(26)35-6-3-8-37-10-14-42-15-11-37)44-28-19-23-5-2-1-4-22(23)18-27(28)39(30)21-25(31(24)40)33(41)36-7-9-38-12-16-43-17-13-38/h1-2,4-5,18-21,35H,3,6-17H2,(H,36,41). The van der Waals surface area contributed by atoms with Crippen LogP contribution in [0.25, 0.3) is 27.4 Å². The second-order valence-corrected chi connectivity index (χ2v) is 11.4. The second-order valence-electron chi connectivity index (χ2n) is 11.4. The topological polar surface area (TPSA) is 97.3 Å². The smallest absolute Gasteiger partial charge is 0.256 e. The van der Waals surface area contributed by atoms with Crippen LogP contribution in [0, 0.1) is 5.82 Å². The minimum Gasteiger partial charge on any atom is -0.451 e. The molecular formula is C33H36FN5O5. The van der Waals surface area contributed by atoms with Crippen molar-refractivity contribution in [3.8, 4) is 17.2 Å². The molecular weight excluding hydrogens is 565 g/mol. The number of rotatable bonds is 9. The molecule has 3 aliphatic rings. The third kappa shape index (κ3) is 5.63. The van der Waals surface area contributed by atoms with Crippen molar-refractivity contribution < 1.29 is 23.4 Å². The molecule has 2 fully saturated rings. The predicted molar refractivity (Wildman–Crippen MR) is 167 cm³/mol. The van der Waals surface area contributed by atoms with E-state index in [4.69, 9.17) is 14.2 Å². The van der Waals surface area contributed by atoms with E-state index in [0.29, 0.717) is 49.8 Å². The fourth-order valence-electron chi connectivity index (χ4n) is 6.22. The van der Waals surface area contributed by atoms with E-state index >= 15 is 4.39 Å². The summed E-state index contributed by atoms with van der Waals surface area (Å²) in [6.07, 6.45) is 2.36. The number of halogens is 1. The van der Waals surface area contributed by atoms with E-state index in [1.165, 1.54) is 6.07 Å². The highest BCUT2D eigenvalue weighted by Crippen LogP contribution is 2.46. The Balaban J connectivity index is 1.24. The highest BCUT2D eigenvalue weighted by Gasteiger charge is 2.29. The molecule has 0 bridgehead atoms. The van der Waals surface area contributed by atoms with Crippen molar-refractivity contribution in [2.45, 2.75) is 6.42 Å². The zero-order valence-corrected chi connectivity index (χ0v) is 24.6. The zero-order valence-electron chi connectivity index (χ0n) is 24.6. The lowest BCUT2D eigenvalue weighted by Gasteiger charge is -2.28. The van der Waals surface area contributed by atoms with Gasteiger partial charge in [-0.15, -0.1) is 0 Å². The molecule has 0 aliphatic carbocycles. The summed E-state index contributed by atoms with van der Waals surface area (Å²) in [5, 5.41) is 8.17. The summed E-state index contributed by atoms with van der Waals surface area (Å²) in [5.74, 6) is -0.334. The molecule has 2 saturated heterocycles. The van der Waals surface area contributed by atoms with Crippen LogP contribution in [0.2, 0.25) is 0 Å². The number of fused-ring (bicyclic) bond motifs is 3. The second kappa shape index (κ2) is 12.5. The number of morpholine rings is 2. The maximum absolute atomic E-state index is 15.8. The number of hydrogen-bond donors (Lipinski definition) is 2. The summed E-state index contributed by atoms with van der Waals surface area (Å²) in [6.45, 7) is 8.58. The van der Waals surface area contributed by atoms with Crippen molar-refractivity contribution in [3.05, 3.63) is 70.3 Å². The van der Waals surface area contributed by atoms with Crippen molar-refractivity contribution >= 4 is 33.3 Å². The molecule has 0 atom stereocenters. The first-order valence-electron chi connectivity index (χ1n) is 15.3. The van der Waals surface area contributed by atoms with Gasteiger partial charge in [0.25, 0.3) is 5.91 Å². The number of ether oxygens (including phenoxy) is 3. The summed E-state index contributed by atoms with van der Waals surface area (Å²) in [4.78, 5) is 31.7. The average molecular weight is 602 g/mol. The molecule has 1 amide bonds. The van der Waals surface area contributed by atoms with Gasteiger partial charge in [0.05, 0.1) is 37.5 Å². The highest BCUT2D eigenvalue weighted by molar-refractivity contribution is 6.02. The van der Waals surface area contributed by atoms with Gasteiger partial charge in [0.15, 0.2) is 17.3 Å². The van der Waals surface area contributed by atoms with E-state index in [9.17, 15) is 9.59 Å². The molecule has 2 N–H and O–H groups in total. The van der Waals surface area contributed by atoms with Gasteiger partial charge in [-0.25, -0.2) is 4.39 Å². The Morgan fingerprint density at radius 1 is 0.886 bits per heavy atom. The number of carbonyl (C=O) groups is 1. The highest BCUT2D eigenvalue weighted by atomic mass is 19.1. The van der Waals surface area contributed by atoms with Gasteiger partial charge >= 0.3 is 0 Å². The van der Waals surface area contributed by atoms with Crippen LogP contribution < -0.4 is 20.8 Å². The Labute approximate surface area is 254 Å². The van der Waals surface area contributed by atoms with Gasteiger partial charge in [0.1, 0.15) is 16.8 Å². The Morgan fingerprint density at radius 2 is 1.57 bits per heavy atom. The van der Waals surface area contributed by atoms with E-state index in [-0.39, 0.29) is 22.4 Å². The van der Waals surface area contributed by atoms with Gasteiger partial charge in [0, 0.05) is 52.0 Å². The quantitative estimate of drug-likeness (QED) is 0.248. The van der Waals surface area contributed by atoms with Crippen LogP contribution in [-0.4, -0.2) is 99.1 Å². The molecule has 10 nitrogen and oxygen atoms in total. The SMILES string of the molecule is O=C(NCCN1CCOCC1)c1cn2c3c(c(NCCCN4CCOCC4)c(F)cc3c1=O)Oc1cc3ccccc3cc1-2. The third-order valence-electron chi connectivity index (χ3n) is 8.61. The van der Waals surface area contributed by atoms with Crippen LogP contribution in [0.1, 0.15) is 16.8 Å². The first kappa shape index (κ1) is 28.7. The number of amides is 1. The van der Waals surface area contributed by atoms with Crippen molar-refractivity contribution in [1.29, 1.82) is 0 Å². The van der Waals surface area contributed by atoms with E-state index < -0.39 is 17.2 Å². The molecule has 3 aromatic carbocycles. The van der Waals surface area contributed by atoms with Crippen LogP contribution in [0.15, 0.2) is 53.5 Å². The number of aromatic nitrogens is 1. The van der Waals surface area contributed by atoms with Crippen LogP contribution >= 0.6 is 0 Å². The molecule has 7 rings (SSSR count). The molecule has 1 aromatic heterocycles. The van der Waals surface area contributed by atoms with Crippen LogP contribution in [-0.2, 0) is 9.47 Å². The summed E-state index contributed by atoms with van der Waals surface area (Å²) in [5.41, 5.74) is 0.728. The Morgan fingerprint density at radius 3 is 2.30 bits per heavy atom. The fourth-order valence-corrected chi connectivity index (χ4v) is 6.22. The van der Waals surface area contributed by atoms with E-state index in [1.54, 1.807) is 10.8 Å². The Kier molecular flexibility index (Phi) is 8.18. The summed E-state index contributed by atoms with van der Waals surface area (Å²) < 4.78 is 34.8. The van der Waals surface area contributed by atoms with Crippen molar-refractivity contribution in [3.63, 3.8) is 0 Å². The van der Waals surface area contributed by atoms with Gasteiger partial charge in [-0.1, -0.05) is 24.3 Å². The zero-order chi connectivity index (χ0) is 30.0. The molecule has 4 aromatic rings. The number of benzene rings is 3. The first-order chi connectivity index (χ1) is 21.6. The predicted octanol–water partition coefficient (Wildman–Crippen LogP) is 3.58. The largest absolute Gasteiger partial charge is 0.451 e. The molecule has 11 heteroatoms. The van der Waals surface area contributed by atoms with Crippen molar-refractivity contribution in [1.82, 2.24) is 19.7 Å². The van der Waals surface area contributed by atoms with E-state index in [1.807, 2.05) is 36.4 Å². The lowest BCUT2D eigenvalue weighted by Crippen LogP contribution is -2.42. The van der Waals surface area contributed by atoms with Gasteiger partial charge in [-0.05, 0) is 41.9 Å². The molecule has 4 heterocycles. The van der Waals surface area contributed by atoms with Gasteiger partial charge in [-0.2, -0.15) is 0 Å². The van der Waals surface area contributed by atoms with Gasteiger partial charge < -0.3 is 29.4 Å². The summed E-state index contributed by atoms with van der Waals surface area (Å²) >= 11 is 0. The lowest BCUT2D eigenvalue weighted by atomic mass is 10.0. The molecule has 44 heavy (non-hydrogen) atoms. The van der Waals surface area contributed by atoms with E-state index in [0.717, 1.165) is 63.1 Å². The lowest BCUT2D eigenvalue weighted by molar-refractivity contribution is 0.0378. The minimum atomic E-state index is -0.600. The van der Waals surface area contributed by atoms with Crippen molar-refractivity contribution in [2.75, 3.05) is 84.1 Å². The van der Waals surface area contributed by atoms with Crippen molar-refractivity contribution in [2.24, 2.45) is 0 Å². The summed E-state index contributed by atoms with van der Waals surface area (Å²) in [6, 6.07) is 13.0. The maximum Gasteiger partial charge on any atom is 0.256 e. The number of anilines is 1. The molecule has 0 radical (unpaired) electrons. The first-order valence-corrected chi connectivity index (χ1v) is 15.3. The molecule has 0 unspecified atom stereocenters. The Bertz CT molecular complexity index is 1760. The number of carbonyl (C=O) groups excluding carboxylic acids is 1. The minimum absolute atomic E-state index is 0.0444. The van der Waals surface area contributed by atoms with Crippen LogP contribution in [0.4, 0.5) is 10.1 Å². The normalized spacial score (nSPS) is 16.9. The molecule has 3 aliphatic heterocycles. The average Bonchev–Trinajstić information content (AvgIpc) is 3.05. The molecule has 230 valence electrons. The van der Waals surface area contributed by atoms with Crippen LogP contribution in [0.5, 0.6) is 11.5 Å². The Hall–Kier alpha value is -4.03. The summed E-state index contributed by atoms with van der Waals surface area (Å²) in [7, 11) is 0. The maximum atomic E-state index is 15.8. The fraction of sp³-hybridized carbons (Fsp3) is 0.394. The van der Waals surface area contributed by atoms with Gasteiger partial charge in [0.2, 0.25) is 5.43 Å². The number of nitrogens with one attached hydrogen (secondary N) is 2. The number of hydrogen-bond acceptors (Lipinski definition) is 8. The monoisotopic (exact) mass is 601 g/mol. The molecule has 0 spiro atoms. The third-order valence-corrected chi connectivity index (χ3v) is 8.61. The van der Waals surface area contributed by atoms with Crippen LogP contribution in [0.3, 0.4) is 0 Å².